The SMILES string of the molecule is CCN1C[C@]2(C(=O)O)CN(C(=O)CCc3cc(=O)[nH]o3)C[C@@H]2C1=O. The third-order valence-corrected chi connectivity index (χ3v) is 4.95. The highest BCUT2D eigenvalue weighted by atomic mass is 16.5. The Morgan fingerprint density at radius 2 is 2.17 bits per heavy atom. The van der Waals surface area contributed by atoms with E-state index in [2.05, 4.69) is 5.16 Å². The maximum Gasteiger partial charge on any atom is 0.314 e. The van der Waals surface area contributed by atoms with Crippen molar-refractivity contribution in [1.82, 2.24) is 15.0 Å². The summed E-state index contributed by atoms with van der Waals surface area (Å²) in [4.78, 5) is 50.5. The number of H-pyrrole nitrogens is 1. The van der Waals surface area contributed by atoms with Crippen LogP contribution in [0.3, 0.4) is 0 Å². The molecular weight excluding hydrogens is 318 g/mol. The number of aromatic nitrogens is 1. The molecule has 0 radical (unpaired) electrons. The molecule has 9 nitrogen and oxygen atoms in total. The van der Waals surface area contributed by atoms with E-state index in [1.807, 2.05) is 6.92 Å². The summed E-state index contributed by atoms with van der Waals surface area (Å²) in [5, 5.41) is 11.8. The number of carboxylic acids is 1. The zero-order chi connectivity index (χ0) is 17.5. The molecular formula is C15H19N3O6. The second-order valence-corrected chi connectivity index (χ2v) is 6.32. The number of likely N-dealkylation sites (tertiary alicyclic amines) is 2. The molecule has 2 fully saturated rings. The number of carbonyl (C=O) groups excluding carboxylic acids is 2. The van der Waals surface area contributed by atoms with Gasteiger partial charge in [0.1, 0.15) is 11.2 Å². The molecule has 130 valence electrons. The van der Waals surface area contributed by atoms with Crippen molar-refractivity contribution in [2.75, 3.05) is 26.2 Å². The number of aromatic amines is 1. The van der Waals surface area contributed by atoms with E-state index in [9.17, 15) is 24.3 Å². The normalized spacial score (nSPS) is 26.0. The quantitative estimate of drug-likeness (QED) is 0.731. The molecule has 2 atom stereocenters. The number of carboxylic acid groups (broad SMARTS) is 1. The highest BCUT2D eigenvalue weighted by Gasteiger charge is 2.62. The summed E-state index contributed by atoms with van der Waals surface area (Å²) in [6.45, 7) is 2.56. The van der Waals surface area contributed by atoms with Crippen LogP contribution in [0, 0.1) is 11.3 Å². The van der Waals surface area contributed by atoms with Gasteiger partial charge in [-0.2, -0.15) is 5.16 Å². The molecule has 9 heteroatoms. The fourth-order valence-electron chi connectivity index (χ4n) is 3.60. The number of nitrogens with zero attached hydrogens (tertiary/aromatic N) is 2. The number of nitrogens with one attached hydrogen (secondary N) is 1. The van der Waals surface area contributed by atoms with Crippen LogP contribution in [0.4, 0.5) is 0 Å². The van der Waals surface area contributed by atoms with E-state index in [1.54, 1.807) is 0 Å². The van der Waals surface area contributed by atoms with E-state index in [0.29, 0.717) is 12.3 Å². The zero-order valence-electron chi connectivity index (χ0n) is 13.3. The first-order valence-corrected chi connectivity index (χ1v) is 7.84. The van der Waals surface area contributed by atoms with E-state index < -0.39 is 17.3 Å². The van der Waals surface area contributed by atoms with Crippen molar-refractivity contribution < 1.29 is 24.0 Å². The summed E-state index contributed by atoms with van der Waals surface area (Å²) in [7, 11) is 0. The van der Waals surface area contributed by atoms with Gasteiger partial charge in [-0.05, 0) is 6.92 Å². The summed E-state index contributed by atoms with van der Waals surface area (Å²) in [5.74, 6) is -1.81. The van der Waals surface area contributed by atoms with Gasteiger partial charge < -0.3 is 19.4 Å². The average Bonchev–Trinajstić information content (AvgIpc) is 3.19. The molecule has 0 bridgehead atoms. The second-order valence-electron chi connectivity index (χ2n) is 6.32. The zero-order valence-corrected chi connectivity index (χ0v) is 13.3. The minimum absolute atomic E-state index is 0.0329. The van der Waals surface area contributed by atoms with Gasteiger partial charge >= 0.3 is 5.97 Å². The van der Waals surface area contributed by atoms with E-state index in [1.165, 1.54) is 15.9 Å². The number of rotatable bonds is 5. The highest BCUT2D eigenvalue weighted by molar-refractivity contribution is 5.94. The molecule has 2 aliphatic rings. The first-order chi connectivity index (χ1) is 11.4. The van der Waals surface area contributed by atoms with Crippen LogP contribution in [0.2, 0.25) is 0 Å². The molecule has 2 N–H and O–H groups in total. The van der Waals surface area contributed by atoms with Crippen LogP contribution >= 0.6 is 0 Å². The summed E-state index contributed by atoms with van der Waals surface area (Å²) < 4.78 is 4.89. The van der Waals surface area contributed by atoms with Crippen LogP contribution in [-0.2, 0) is 20.8 Å². The van der Waals surface area contributed by atoms with E-state index in [4.69, 9.17) is 4.52 Å². The van der Waals surface area contributed by atoms with E-state index >= 15 is 0 Å². The van der Waals surface area contributed by atoms with Crippen molar-refractivity contribution in [2.24, 2.45) is 11.3 Å². The number of fused-ring (bicyclic) bond motifs is 1. The lowest BCUT2D eigenvalue weighted by atomic mass is 9.81. The third kappa shape index (κ3) is 2.49. The predicted octanol–water partition coefficient (Wildman–Crippen LogP) is -0.708. The molecule has 3 rings (SSSR count). The fourth-order valence-corrected chi connectivity index (χ4v) is 3.60. The molecule has 2 aliphatic heterocycles. The molecule has 1 aromatic heterocycles. The Balaban J connectivity index is 1.69. The summed E-state index contributed by atoms with van der Waals surface area (Å²) in [6.07, 6.45) is 0.336. The average molecular weight is 337 g/mol. The first kappa shape index (κ1) is 16.3. The van der Waals surface area contributed by atoms with Gasteiger partial charge in [0.2, 0.25) is 11.8 Å². The Bertz CT molecular complexity index is 738. The van der Waals surface area contributed by atoms with Gasteiger partial charge in [-0.25, -0.2) is 0 Å². The minimum Gasteiger partial charge on any atom is -0.481 e. The lowest BCUT2D eigenvalue weighted by Gasteiger charge is -2.24. The van der Waals surface area contributed by atoms with Crippen LogP contribution in [0.25, 0.3) is 0 Å². The monoisotopic (exact) mass is 337 g/mol. The topological polar surface area (TPSA) is 124 Å². The van der Waals surface area contributed by atoms with Gasteiger partial charge in [-0.15, -0.1) is 0 Å². The Morgan fingerprint density at radius 3 is 2.71 bits per heavy atom. The standard InChI is InChI=1S/C15H19N3O6/c1-2-17-7-15(14(22)23)8-18(6-10(15)13(17)21)12(20)4-3-9-5-11(19)16-24-9/h5,10H,2-4,6-8H2,1H3,(H,16,19)(H,22,23)/t10-,15+/m1/s1. The number of amides is 2. The maximum absolute atomic E-state index is 12.4. The van der Waals surface area contributed by atoms with Crippen LogP contribution in [0.15, 0.2) is 15.4 Å². The van der Waals surface area contributed by atoms with Crippen molar-refractivity contribution in [3.8, 4) is 0 Å². The third-order valence-electron chi connectivity index (χ3n) is 4.95. The van der Waals surface area contributed by atoms with E-state index in [-0.39, 0.29) is 49.8 Å². The predicted molar refractivity (Wildman–Crippen MR) is 80.0 cm³/mol. The molecule has 2 amide bonds. The molecule has 0 spiro atoms. The van der Waals surface area contributed by atoms with Crippen LogP contribution in [-0.4, -0.2) is 64.0 Å². The molecule has 1 aromatic rings. The van der Waals surface area contributed by atoms with Crippen molar-refractivity contribution in [1.29, 1.82) is 0 Å². The van der Waals surface area contributed by atoms with Gasteiger partial charge in [-0.1, -0.05) is 0 Å². The maximum atomic E-state index is 12.4. The van der Waals surface area contributed by atoms with E-state index in [0.717, 1.165) is 0 Å². The van der Waals surface area contributed by atoms with Crippen molar-refractivity contribution in [2.45, 2.75) is 19.8 Å². The van der Waals surface area contributed by atoms with Gasteiger partial charge in [0.25, 0.3) is 5.56 Å². The summed E-state index contributed by atoms with van der Waals surface area (Å²) >= 11 is 0. The number of carbonyl (C=O) groups is 3. The number of hydrogen-bond acceptors (Lipinski definition) is 5. The molecule has 0 unspecified atom stereocenters. The van der Waals surface area contributed by atoms with Crippen LogP contribution in [0.1, 0.15) is 19.1 Å². The smallest absolute Gasteiger partial charge is 0.314 e. The first-order valence-electron chi connectivity index (χ1n) is 7.84. The van der Waals surface area contributed by atoms with Gasteiger partial charge in [0.15, 0.2) is 0 Å². The highest BCUT2D eigenvalue weighted by Crippen LogP contribution is 2.43. The number of aliphatic carboxylic acids is 1. The number of aryl methyl sites for hydroxylation is 1. The van der Waals surface area contributed by atoms with Crippen molar-refractivity contribution in [3.63, 3.8) is 0 Å². The van der Waals surface area contributed by atoms with Crippen molar-refractivity contribution in [3.05, 3.63) is 22.2 Å². The summed E-state index contributed by atoms with van der Waals surface area (Å²) in [5.41, 5.74) is -1.59. The molecule has 3 heterocycles. The largest absolute Gasteiger partial charge is 0.481 e. The Morgan fingerprint density at radius 1 is 1.42 bits per heavy atom. The van der Waals surface area contributed by atoms with Crippen LogP contribution < -0.4 is 5.56 Å². The lowest BCUT2D eigenvalue weighted by molar-refractivity contribution is -0.150. The lowest BCUT2D eigenvalue weighted by Crippen LogP contribution is -2.42. The Hall–Kier alpha value is -2.58. The number of hydrogen-bond donors (Lipinski definition) is 2. The molecule has 0 saturated carbocycles. The molecule has 2 saturated heterocycles. The van der Waals surface area contributed by atoms with Gasteiger partial charge in [0, 0.05) is 45.1 Å². The molecule has 0 aliphatic carbocycles. The van der Waals surface area contributed by atoms with Gasteiger partial charge in [0.05, 0.1) is 5.92 Å². The minimum atomic E-state index is -1.22. The molecule has 24 heavy (non-hydrogen) atoms. The second kappa shape index (κ2) is 5.81. The van der Waals surface area contributed by atoms with Crippen LogP contribution in [0.5, 0.6) is 0 Å². The molecule has 0 aromatic carbocycles. The van der Waals surface area contributed by atoms with Gasteiger partial charge in [-0.3, -0.25) is 19.2 Å². The Kier molecular flexibility index (Phi) is 3.94. The fraction of sp³-hybridized carbons (Fsp3) is 0.600. The Labute approximate surface area is 137 Å². The summed E-state index contributed by atoms with van der Waals surface area (Å²) in [6, 6.07) is 1.27. The van der Waals surface area contributed by atoms with Crippen molar-refractivity contribution >= 4 is 17.8 Å².